The zero-order valence-corrected chi connectivity index (χ0v) is 14.4. The summed E-state index contributed by atoms with van der Waals surface area (Å²) in [5.74, 6) is 0. The first-order valence-corrected chi connectivity index (χ1v) is 7.78. The molecule has 0 aliphatic rings. The van der Waals surface area contributed by atoms with Crippen molar-refractivity contribution < 1.29 is 0 Å². The van der Waals surface area contributed by atoms with E-state index >= 15 is 0 Å². The standard InChI is InChI=1S/C14H25BrN4O/c1-5-6-7-19-13(20)12(15)11(8-17-19)18(4)10-14(2,3)9-16/h8H,5-7,9-10,16H2,1-4H3. The van der Waals surface area contributed by atoms with Crippen molar-refractivity contribution in [2.45, 2.75) is 40.2 Å². The third kappa shape index (κ3) is 4.31. The largest absolute Gasteiger partial charge is 0.372 e. The minimum absolute atomic E-state index is 0.00867. The minimum atomic E-state index is -0.0756. The van der Waals surface area contributed by atoms with Crippen molar-refractivity contribution >= 4 is 21.6 Å². The molecule has 1 rings (SSSR count). The van der Waals surface area contributed by atoms with Crippen LogP contribution in [0.25, 0.3) is 0 Å². The monoisotopic (exact) mass is 344 g/mol. The molecule has 2 N–H and O–H groups in total. The molecular formula is C14H25BrN4O. The number of hydrogen-bond donors (Lipinski definition) is 1. The molecule has 0 aliphatic carbocycles. The number of aryl methyl sites for hydroxylation is 1. The van der Waals surface area contributed by atoms with E-state index in [9.17, 15) is 4.79 Å². The molecule has 0 aliphatic heterocycles. The highest BCUT2D eigenvalue weighted by Crippen LogP contribution is 2.24. The van der Waals surface area contributed by atoms with Crippen molar-refractivity contribution in [2.75, 3.05) is 25.0 Å². The lowest BCUT2D eigenvalue weighted by atomic mass is 9.93. The molecule has 20 heavy (non-hydrogen) atoms. The molecule has 0 radical (unpaired) electrons. The van der Waals surface area contributed by atoms with Gasteiger partial charge in [0.05, 0.1) is 11.9 Å². The molecule has 0 unspecified atom stereocenters. The molecular weight excluding hydrogens is 320 g/mol. The Kier molecular flexibility index (Phi) is 6.20. The van der Waals surface area contributed by atoms with Crippen LogP contribution in [-0.2, 0) is 6.54 Å². The molecule has 1 aromatic rings. The van der Waals surface area contributed by atoms with E-state index in [1.54, 1.807) is 6.20 Å². The lowest BCUT2D eigenvalue weighted by Gasteiger charge is -2.30. The molecule has 0 bridgehead atoms. The maximum Gasteiger partial charge on any atom is 0.283 e. The normalized spacial score (nSPS) is 11.7. The Labute approximate surface area is 129 Å². The smallest absolute Gasteiger partial charge is 0.283 e. The van der Waals surface area contributed by atoms with Crippen molar-refractivity contribution in [3.05, 3.63) is 21.0 Å². The van der Waals surface area contributed by atoms with Crippen molar-refractivity contribution in [2.24, 2.45) is 11.1 Å². The fourth-order valence-electron chi connectivity index (χ4n) is 1.98. The van der Waals surface area contributed by atoms with Crippen LogP contribution in [0.2, 0.25) is 0 Å². The highest BCUT2D eigenvalue weighted by Gasteiger charge is 2.21. The molecule has 0 saturated carbocycles. The topological polar surface area (TPSA) is 64.2 Å². The highest BCUT2D eigenvalue weighted by molar-refractivity contribution is 9.10. The minimum Gasteiger partial charge on any atom is -0.372 e. The summed E-state index contributed by atoms with van der Waals surface area (Å²) >= 11 is 3.41. The summed E-state index contributed by atoms with van der Waals surface area (Å²) in [4.78, 5) is 14.3. The Hall–Kier alpha value is -0.880. The van der Waals surface area contributed by atoms with E-state index in [4.69, 9.17) is 5.73 Å². The molecule has 1 aromatic heterocycles. The average molecular weight is 345 g/mol. The van der Waals surface area contributed by atoms with Crippen LogP contribution in [0.4, 0.5) is 5.69 Å². The van der Waals surface area contributed by atoms with Gasteiger partial charge in [0.1, 0.15) is 4.47 Å². The Balaban J connectivity index is 2.97. The first-order chi connectivity index (χ1) is 9.32. The maximum atomic E-state index is 12.2. The number of nitrogens with zero attached hydrogens (tertiary/aromatic N) is 3. The van der Waals surface area contributed by atoms with Gasteiger partial charge in [0.25, 0.3) is 5.56 Å². The lowest BCUT2D eigenvalue weighted by Crippen LogP contribution is -2.38. The van der Waals surface area contributed by atoms with E-state index in [-0.39, 0.29) is 11.0 Å². The number of unbranched alkanes of at least 4 members (excludes halogenated alkanes) is 1. The van der Waals surface area contributed by atoms with Crippen LogP contribution < -0.4 is 16.2 Å². The second-order valence-electron chi connectivity index (χ2n) is 5.95. The highest BCUT2D eigenvalue weighted by atomic mass is 79.9. The van der Waals surface area contributed by atoms with Gasteiger partial charge in [-0.25, -0.2) is 4.68 Å². The fraction of sp³-hybridized carbons (Fsp3) is 0.714. The van der Waals surface area contributed by atoms with Crippen molar-refractivity contribution in [1.29, 1.82) is 0 Å². The van der Waals surface area contributed by atoms with Crippen LogP contribution in [0.1, 0.15) is 33.6 Å². The third-order valence-electron chi connectivity index (χ3n) is 3.32. The molecule has 1 heterocycles. The predicted molar refractivity (Wildman–Crippen MR) is 87.2 cm³/mol. The number of nitrogens with two attached hydrogens (primary N) is 1. The first-order valence-electron chi connectivity index (χ1n) is 6.99. The van der Waals surface area contributed by atoms with Gasteiger partial charge in [0.2, 0.25) is 0 Å². The van der Waals surface area contributed by atoms with E-state index in [0.29, 0.717) is 17.6 Å². The molecule has 0 amide bonds. The molecule has 0 saturated heterocycles. The van der Waals surface area contributed by atoms with E-state index in [2.05, 4.69) is 41.8 Å². The lowest BCUT2D eigenvalue weighted by molar-refractivity contribution is 0.384. The zero-order valence-electron chi connectivity index (χ0n) is 12.8. The number of halogens is 1. The molecule has 0 fully saturated rings. The number of rotatable bonds is 7. The fourth-order valence-corrected chi connectivity index (χ4v) is 2.59. The van der Waals surface area contributed by atoms with Crippen molar-refractivity contribution in [3.63, 3.8) is 0 Å². The summed E-state index contributed by atoms with van der Waals surface area (Å²) in [6, 6.07) is 0. The van der Waals surface area contributed by atoms with Gasteiger partial charge in [-0.05, 0) is 34.3 Å². The van der Waals surface area contributed by atoms with Gasteiger partial charge in [-0.2, -0.15) is 5.10 Å². The number of hydrogen-bond acceptors (Lipinski definition) is 4. The zero-order chi connectivity index (χ0) is 15.3. The van der Waals surface area contributed by atoms with Gasteiger partial charge in [0.15, 0.2) is 0 Å². The molecule has 114 valence electrons. The third-order valence-corrected chi connectivity index (χ3v) is 4.06. The number of anilines is 1. The molecule has 5 nitrogen and oxygen atoms in total. The molecule has 0 aromatic carbocycles. The summed E-state index contributed by atoms with van der Waals surface area (Å²) < 4.78 is 2.08. The van der Waals surface area contributed by atoms with Gasteiger partial charge < -0.3 is 10.6 Å². The van der Waals surface area contributed by atoms with E-state index in [1.165, 1.54) is 4.68 Å². The van der Waals surface area contributed by atoms with E-state index in [0.717, 1.165) is 25.1 Å². The number of aromatic nitrogens is 2. The van der Waals surface area contributed by atoms with E-state index < -0.39 is 0 Å². The summed E-state index contributed by atoms with van der Waals surface area (Å²) in [6.45, 7) is 8.32. The van der Waals surface area contributed by atoms with Crippen LogP contribution in [0.15, 0.2) is 15.5 Å². The Morgan fingerprint density at radius 2 is 2.15 bits per heavy atom. The van der Waals surface area contributed by atoms with Crippen LogP contribution in [0.5, 0.6) is 0 Å². The predicted octanol–water partition coefficient (Wildman–Crippen LogP) is 2.23. The van der Waals surface area contributed by atoms with Gasteiger partial charge in [-0.1, -0.05) is 27.2 Å². The molecule has 6 heteroatoms. The Bertz CT molecular complexity index is 498. The van der Waals surface area contributed by atoms with Crippen LogP contribution in [-0.4, -0.2) is 29.9 Å². The summed E-state index contributed by atoms with van der Waals surface area (Å²) in [6.07, 6.45) is 3.74. The maximum absolute atomic E-state index is 12.2. The Morgan fingerprint density at radius 3 is 2.70 bits per heavy atom. The van der Waals surface area contributed by atoms with Crippen molar-refractivity contribution in [3.8, 4) is 0 Å². The van der Waals surface area contributed by atoms with Gasteiger partial charge in [-0.3, -0.25) is 4.79 Å². The summed E-state index contributed by atoms with van der Waals surface area (Å²) in [5, 5.41) is 4.25. The molecule has 0 spiro atoms. The SMILES string of the molecule is CCCCn1ncc(N(C)CC(C)(C)CN)c(Br)c1=O. The van der Waals surface area contributed by atoms with Gasteiger partial charge in [-0.15, -0.1) is 0 Å². The Morgan fingerprint density at radius 1 is 1.50 bits per heavy atom. The van der Waals surface area contributed by atoms with Crippen LogP contribution in [0, 0.1) is 5.41 Å². The van der Waals surface area contributed by atoms with Crippen molar-refractivity contribution in [1.82, 2.24) is 9.78 Å². The molecule has 0 atom stereocenters. The summed E-state index contributed by atoms with van der Waals surface area (Å²) in [5.41, 5.74) is 6.48. The summed E-state index contributed by atoms with van der Waals surface area (Å²) in [7, 11) is 1.95. The second kappa shape index (κ2) is 7.22. The van der Waals surface area contributed by atoms with E-state index in [1.807, 2.05) is 11.9 Å². The average Bonchev–Trinajstić information content (AvgIpc) is 2.40. The second-order valence-corrected chi connectivity index (χ2v) is 6.74. The van der Waals surface area contributed by atoms with Gasteiger partial charge >= 0.3 is 0 Å². The first kappa shape index (κ1) is 17.2. The quantitative estimate of drug-likeness (QED) is 0.823. The van der Waals surface area contributed by atoms with Gasteiger partial charge in [0, 0.05) is 20.1 Å². The van der Waals surface area contributed by atoms with Crippen LogP contribution in [0.3, 0.4) is 0 Å². The van der Waals surface area contributed by atoms with Crippen LogP contribution >= 0.6 is 15.9 Å².